The molecule has 0 aliphatic carbocycles. The largest absolute Gasteiger partial charge is 0.371 e. The molecule has 8 nitrogen and oxygen atoms in total. The Morgan fingerprint density at radius 1 is 1.09 bits per heavy atom. The number of aromatic nitrogens is 1. The second-order valence-corrected chi connectivity index (χ2v) is 11.1. The smallest absolute Gasteiger partial charge is 0.238 e. The number of amides is 1. The van der Waals surface area contributed by atoms with Crippen LogP contribution in [0.15, 0.2) is 53.7 Å². The lowest BCUT2D eigenvalue weighted by Crippen LogP contribution is -2.53. The zero-order valence-corrected chi connectivity index (χ0v) is 19.0. The molecule has 3 aliphatic rings. The average Bonchev–Trinajstić information content (AvgIpc) is 3.13. The summed E-state index contributed by atoms with van der Waals surface area (Å²) in [6.07, 6.45) is 6.39. The number of carbonyl (C=O) groups is 1. The molecule has 0 radical (unpaired) electrons. The first-order valence-electron chi connectivity index (χ1n) is 11.0. The number of fused-ring (bicyclic) bond motifs is 1. The highest BCUT2D eigenvalue weighted by atomic mass is 32.2. The Morgan fingerprint density at radius 2 is 1.78 bits per heavy atom. The van der Waals surface area contributed by atoms with Gasteiger partial charge in [0.05, 0.1) is 23.6 Å². The molecule has 1 atom stereocenters. The van der Waals surface area contributed by atoms with Gasteiger partial charge in [-0.2, -0.15) is 0 Å². The fourth-order valence-electron chi connectivity index (χ4n) is 4.98. The zero-order valence-electron chi connectivity index (χ0n) is 18.2. The van der Waals surface area contributed by atoms with Crippen LogP contribution >= 0.6 is 0 Å². The third kappa shape index (κ3) is 4.24. The minimum atomic E-state index is -3.21. The van der Waals surface area contributed by atoms with E-state index in [9.17, 15) is 13.2 Å². The first-order valence-corrected chi connectivity index (χ1v) is 12.8. The van der Waals surface area contributed by atoms with Crippen molar-refractivity contribution in [3.05, 3.63) is 54.4 Å². The molecule has 0 bridgehead atoms. The second-order valence-electron chi connectivity index (χ2n) is 9.06. The first-order chi connectivity index (χ1) is 15.3. The molecular formula is C23H28N4O4S. The number of rotatable bonds is 4. The quantitative estimate of drug-likeness (QED) is 0.690. The van der Waals surface area contributed by atoms with Crippen molar-refractivity contribution in [2.24, 2.45) is 0 Å². The Bertz CT molecular complexity index is 1080. The van der Waals surface area contributed by atoms with Gasteiger partial charge < -0.3 is 14.5 Å². The normalized spacial score (nSPS) is 23.5. The molecular weight excluding hydrogens is 428 g/mol. The fourth-order valence-corrected chi connectivity index (χ4v) is 5.61. The lowest BCUT2D eigenvalue weighted by atomic mass is 9.91. The third-order valence-corrected chi connectivity index (χ3v) is 7.87. The van der Waals surface area contributed by atoms with Gasteiger partial charge in [-0.1, -0.05) is 12.1 Å². The summed E-state index contributed by atoms with van der Waals surface area (Å²) >= 11 is 0. The zero-order chi connectivity index (χ0) is 22.3. The minimum absolute atomic E-state index is 0.0995. The number of benzene rings is 1. The van der Waals surface area contributed by atoms with Crippen LogP contribution in [0.3, 0.4) is 0 Å². The highest BCUT2D eigenvalue weighted by molar-refractivity contribution is 7.90. The van der Waals surface area contributed by atoms with E-state index in [1.165, 1.54) is 11.9 Å². The van der Waals surface area contributed by atoms with E-state index in [1.807, 2.05) is 41.6 Å². The van der Waals surface area contributed by atoms with Crippen LogP contribution in [0.25, 0.3) is 0 Å². The van der Waals surface area contributed by atoms with Crippen LogP contribution in [-0.2, 0) is 25.9 Å². The van der Waals surface area contributed by atoms with Crippen LogP contribution in [0.2, 0.25) is 0 Å². The van der Waals surface area contributed by atoms with Gasteiger partial charge in [0.25, 0.3) is 0 Å². The summed E-state index contributed by atoms with van der Waals surface area (Å²) in [4.78, 5) is 23.6. The molecule has 1 amide bonds. The number of anilines is 1. The molecule has 1 aromatic carbocycles. The molecule has 3 saturated heterocycles. The minimum Gasteiger partial charge on any atom is -0.371 e. The van der Waals surface area contributed by atoms with Gasteiger partial charge in [-0.25, -0.2) is 8.42 Å². The number of carbonyl (C=O) groups excluding carboxylic acids is 1. The van der Waals surface area contributed by atoms with Gasteiger partial charge in [0.15, 0.2) is 9.84 Å². The van der Waals surface area contributed by atoms with E-state index in [-0.39, 0.29) is 17.7 Å². The van der Waals surface area contributed by atoms with Gasteiger partial charge in [0, 0.05) is 50.5 Å². The van der Waals surface area contributed by atoms with Crippen LogP contribution in [0, 0.1) is 0 Å². The number of piperazine rings is 1. The van der Waals surface area contributed by atoms with Gasteiger partial charge in [-0.05, 0) is 42.7 Å². The van der Waals surface area contributed by atoms with E-state index in [0.717, 1.165) is 31.5 Å². The van der Waals surface area contributed by atoms with Gasteiger partial charge in [0.2, 0.25) is 5.91 Å². The Kier molecular flexibility index (Phi) is 5.43. The van der Waals surface area contributed by atoms with Crippen molar-refractivity contribution < 1.29 is 17.9 Å². The number of nitrogens with zero attached hydrogens (tertiary/aromatic N) is 4. The van der Waals surface area contributed by atoms with E-state index in [2.05, 4.69) is 14.8 Å². The maximum absolute atomic E-state index is 12.9. The predicted molar refractivity (Wildman–Crippen MR) is 120 cm³/mol. The lowest BCUT2D eigenvalue weighted by Gasteiger charge is -2.39. The lowest BCUT2D eigenvalue weighted by molar-refractivity contribution is -0.149. The number of hydrogen-bond acceptors (Lipinski definition) is 7. The second kappa shape index (κ2) is 8.13. The van der Waals surface area contributed by atoms with Crippen molar-refractivity contribution >= 4 is 21.4 Å². The van der Waals surface area contributed by atoms with Crippen molar-refractivity contribution in [3.8, 4) is 0 Å². The molecule has 170 valence electrons. The molecule has 3 fully saturated rings. The molecule has 2 aromatic rings. The van der Waals surface area contributed by atoms with E-state index in [1.54, 1.807) is 12.1 Å². The van der Waals surface area contributed by atoms with E-state index in [0.29, 0.717) is 31.1 Å². The van der Waals surface area contributed by atoms with Crippen molar-refractivity contribution in [2.75, 3.05) is 43.9 Å². The summed E-state index contributed by atoms with van der Waals surface area (Å²) in [5.74, 6) is 0.0995. The van der Waals surface area contributed by atoms with Crippen LogP contribution in [-0.4, -0.2) is 79.9 Å². The molecule has 4 heterocycles. The van der Waals surface area contributed by atoms with Crippen molar-refractivity contribution in [1.29, 1.82) is 0 Å². The highest BCUT2D eigenvalue weighted by Gasteiger charge is 2.50. The molecule has 0 N–H and O–H groups in total. The average molecular weight is 457 g/mol. The van der Waals surface area contributed by atoms with Crippen molar-refractivity contribution in [3.63, 3.8) is 0 Å². The van der Waals surface area contributed by atoms with Gasteiger partial charge in [-0.15, -0.1) is 0 Å². The summed E-state index contributed by atoms with van der Waals surface area (Å²) in [6.45, 7) is 4.07. The Hall–Kier alpha value is -2.49. The van der Waals surface area contributed by atoms with E-state index < -0.39 is 9.84 Å². The summed E-state index contributed by atoms with van der Waals surface area (Å²) in [6, 6.07) is 10.9. The highest BCUT2D eigenvalue weighted by Crippen LogP contribution is 2.38. The third-order valence-electron chi connectivity index (χ3n) is 6.75. The van der Waals surface area contributed by atoms with Crippen molar-refractivity contribution in [1.82, 2.24) is 14.8 Å². The summed E-state index contributed by atoms with van der Waals surface area (Å²) in [5, 5.41) is 0. The maximum atomic E-state index is 12.9. The molecule has 9 heteroatoms. The first kappa shape index (κ1) is 21.4. The Balaban J connectivity index is 1.21. The van der Waals surface area contributed by atoms with Gasteiger partial charge in [0.1, 0.15) is 6.23 Å². The number of piperidine rings is 1. The van der Waals surface area contributed by atoms with Gasteiger partial charge in [-0.3, -0.25) is 14.7 Å². The standard InChI is InChI=1S/C23H28N4O4S/c1-32(29,30)20-4-2-18(3-5-20)14-25-15-21(28)27-17-23(31-22(27)16-25)8-12-26(13-9-23)19-6-10-24-11-7-19/h2-7,10-11,22H,8-9,12-17H2,1H3. The Morgan fingerprint density at radius 3 is 2.44 bits per heavy atom. The summed E-state index contributed by atoms with van der Waals surface area (Å²) in [7, 11) is -3.21. The molecule has 32 heavy (non-hydrogen) atoms. The van der Waals surface area contributed by atoms with E-state index >= 15 is 0 Å². The maximum Gasteiger partial charge on any atom is 0.238 e. The molecule has 1 spiro atoms. The number of hydrogen-bond donors (Lipinski definition) is 0. The molecule has 1 unspecified atom stereocenters. The monoisotopic (exact) mass is 456 g/mol. The topological polar surface area (TPSA) is 83.1 Å². The Labute approximate surface area is 188 Å². The van der Waals surface area contributed by atoms with Crippen LogP contribution < -0.4 is 4.90 Å². The number of pyridine rings is 1. The molecule has 0 saturated carbocycles. The summed E-state index contributed by atoms with van der Waals surface area (Å²) < 4.78 is 29.9. The number of sulfone groups is 1. The van der Waals surface area contributed by atoms with Gasteiger partial charge >= 0.3 is 0 Å². The molecule has 5 rings (SSSR count). The predicted octanol–water partition coefficient (Wildman–Crippen LogP) is 1.52. The fraction of sp³-hybridized carbons (Fsp3) is 0.478. The van der Waals surface area contributed by atoms with E-state index in [4.69, 9.17) is 4.74 Å². The van der Waals surface area contributed by atoms with Crippen LogP contribution in [0.1, 0.15) is 18.4 Å². The van der Waals surface area contributed by atoms with Crippen LogP contribution in [0.4, 0.5) is 5.69 Å². The number of ether oxygens (including phenoxy) is 1. The molecule has 3 aliphatic heterocycles. The van der Waals surface area contributed by atoms with Crippen LogP contribution in [0.5, 0.6) is 0 Å². The van der Waals surface area contributed by atoms with Crippen molar-refractivity contribution in [2.45, 2.75) is 36.1 Å². The SMILES string of the molecule is CS(=O)(=O)c1ccc(CN2CC(=O)N3CC4(CCN(c5ccncc5)CC4)OC3C2)cc1. The summed E-state index contributed by atoms with van der Waals surface area (Å²) in [5.41, 5.74) is 1.89. The molecule has 1 aromatic heterocycles.